The number of benzene rings is 4. The third-order valence-corrected chi connectivity index (χ3v) is 11.6. The van der Waals surface area contributed by atoms with Crippen molar-refractivity contribution >= 4 is 46.9 Å². The van der Waals surface area contributed by atoms with Gasteiger partial charge in [-0.15, -0.1) is 0 Å². The van der Waals surface area contributed by atoms with Crippen LogP contribution in [-0.2, 0) is 32.2 Å². The molecule has 15 nitrogen and oxygen atoms in total. The molecule has 0 bridgehead atoms. The van der Waals surface area contributed by atoms with Crippen molar-refractivity contribution in [2.45, 2.75) is 93.5 Å². The van der Waals surface area contributed by atoms with Crippen LogP contribution in [-0.4, -0.2) is 111 Å². The summed E-state index contributed by atoms with van der Waals surface area (Å²) in [5.74, 6) is -1.98. The van der Waals surface area contributed by atoms with Crippen molar-refractivity contribution in [3.05, 3.63) is 130 Å². The van der Waals surface area contributed by atoms with E-state index in [0.717, 1.165) is 44.9 Å². The molecule has 3 amide bonds. The summed E-state index contributed by atoms with van der Waals surface area (Å²) in [6, 6.07) is 23.8. The third-order valence-electron chi connectivity index (χ3n) is 11.6. The Hall–Kier alpha value is -6.72. The van der Waals surface area contributed by atoms with E-state index in [0.29, 0.717) is 38.3 Å². The number of nitrogens with two attached hydrogens (primary N) is 1. The van der Waals surface area contributed by atoms with Crippen molar-refractivity contribution in [1.82, 2.24) is 9.80 Å². The van der Waals surface area contributed by atoms with E-state index in [2.05, 4.69) is 15.3 Å². The van der Waals surface area contributed by atoms with E-state index >= 15 is 0 Å². The first kappa shape index (κ1) is 50.2. The summed E-state index contributed by atoms with van der Waals surface area (Å²) in [7, 11) is 0. The predicted molar refractivity (Wildman–Crippen MR) is 271 cm³/mol. The zero-order valence-corrected chi connectivity index (χ0v) is 38.6. The lowest BCUT2D eigenvalue weighted by atomic mass is 9.87. The van der Waals surface area contributed by atoms with Gasteiger partial charge >= 0.3 is 18.2 Å². The van der Waals surface area contributed by atoms with Crippen molar-refractivity contribution in [3.63, 3.8) is 0 Å². The number of aliphatic carboxylic acids is 1. The molecule has 0 aromatic heterocycles. The number of aliphatic hydroxyl groups is 2. The van der Waals surface area contributed by atoms with Gasteiger partial charge in [0.15, 0.2) is 0 Å². The van der Waals surface area contributed by atoms with Crippen molar-refractivity contribution in [2.24, 2.45) is 20.8 Å². The van der Waals surface area contributed by atoms with E-state index in [1.54, 1.807) is 71.9 Å². The number of hydrogen-bond acceptors (Lipinski definition) is 11. The van der Waals surface area contributed by atoms with Crippen LogP contribution in [0.2, 0.25) is 0 Å². The highest BCUT2D eigenvalue weighted by Crippen LogP contribution is 2.35. The lowest BCUT2D eigenvalue weighted by molar-refractivity contribution is -0.150. The number of carbonyl (C=O) groups excluding carboxylic acids is 3. The Morgan fingerprint density at radius 1 is 0.696 bits per heavy atom. The van der Waals surface area contributed by atoms with E-state index in [1.807, 2.05) is 30.3 Å². The number of carbonyl (C=O) groups is 4. The van der Waals surface area contributed by atoms with Crippen LogP contribution in [0.4, 0.5) is 29.7 Å². The van der Waals surface area contributed by atoms with Gasteiger partial charge in [-0.2, -0.15) is 0 Å². The second kappa shape index (κ2) is 22.1. The van der Waals surface area contributed by atoms with Gasteiger partial charge in [-0.05, 0) is 138 Å². The maximum absolute atomic E-state index is 13.3. The van der Waals surface area contributed by atoms with Crippen LogP contribution < -0.4 is 11.1 Å². The fraction of sp³-hybridized carbons (Fsp3) is 0.423. The Bertz CT molecular complexity index is 2590. The van der Waals surface area contributed by atoms with Gasteiger partial charge in [-0.25, -0.2) is 18.4 Å². The van der Waals surface area contributed by atoms with Crippen LogP contribution in [0.5, 0.6) is 0 Å². The Morgan fingerprint density at radius 3 is 1.54 bits per heavy atom. The van der Waals surface area contributed by atoms with Gasteiger partial charge in [-0.3, -0.25) is 19.6 Å². The number of halogens is 2. The van der Waals surface area contributed by atoms with E-state index in [-0.39, 0.29) is 59.9 Å². The van der Waals surface area contributed by atoms with E-state index in [1.165, 1.54) is 39.6 Å². The Balaban J connectivity index is 0.00000112. The number of hydrogen-bond donors (Lipinski definition) is 5. The fourth-order valence-corrected chi connectivity index (χ4v) is 7.90. The monoisotopic (exact) mass is 972 g/mol. The predicted octanol–water partition coefficient (Wildman–Crippen LogP) is 9.44. The molecule has 4 aliphatic heterocycles. The minimum atomic E-state index is -1.24. The van der Waals surface area contributed by atoms with Gasteiger partial charge < -0.3 is 45.6 Å². The number of fused-ring (bicyclic) bond motifs is 2. The third kappa shape index (κ3) is 13.3. The van der Waals surface area contributed by atoms with Crippen molar-refractivity contribution in [1.29, 1.82) is 0 Å². The number of rotatable bonds is 7. The summed E-state index contributed by atoms with van der Waals surface area (Å²) in [5, 5.41) is 31.2. The van der Waals surface area contributed by atoms with Crippen LogP contribution in [0.3, 0.4) is 0 Å². The molecule has 2 unspecified atom stereocenters. The maximum Gasteiger partial charge on any atom is 0.410 e. The molecule has 4 aromatic rings. The largest absolute Gasteiger partial charge is 0.481 e. The highest BCUT2D eigenvalue weighted by Gasteiger charge is 2.48. The number of anilines is 2. The molecule has 0 aliphatic carbocycles. The SMILES string of the molecule is C.C.CC(C)(C)OC(=O)N1CCC(CO)(C(=O)Nc2ccc3c(c2)C(c2ccc(F)cc2)=NC3)C1.CC(C)(C)OC(=O)N1CCC(CO)(C(=O)O)C1.Nc1ccc2c(c1)C(c1ccc(F)cc1)=NC2.[2HH].[2H][2H].[2H][2H].[2H][2H]. The zero-order valence-electron chi connectivity index (χ0n) is 44.6. The van der Waals surface area contributed by atoms with E-state index in [9.17, 15) is 33.1 Å². The van der Waals surface area contributed by atoms with Crippen LogP contribution in [0.25, 0.3) is 0 Å². The van der Waals surface area contributed by atoms with Gasteiger partial charge in [0.25, 0.3) is 0 Å². The van der Waals surface area contributed by atoms with Crippen molar-refractivity contribution in [3.8, 4) is 0 Å². The molecule has 4 aromatic carbocycles. The molecule has 0 saturated carbocycles. The Labute approximate surface area is 413 Å². The van der Waals surface area contributed by atoms with Crippen LogP contribution in [0.1, 0.15) is 113 Å². The van der Waals surface area contributed by atoms with Crippen LogP contribution >= 0.6 is 0 Å². The molecule has 4 aliphatic rings. The standard InChI is InChI=1S/C25H28FN3O4.C14H11FN2.C11H19NO5.2CH4.4H2/c1-24(2,3)33-23(32)29-11-10-25(14-29,15-30)22(31)28-19-9-6-17-13-27-21(20(17)12-19)16-4-7-18(26)8-5-16;15-11-4-1-9(2-5-11)14-13-7-12(16)6-3-10(13)8-17-14;1-10(2,3)17-9(16)12-5-4-11(6-12,7-13)8(14)15;;;;;;/h4-9,12,30H,10-11,13-15H2,1-3H3,(H,28,31);1-7H,8,16H2;13H,4-7H2,1-3H3,(H,14,15);2*1H4;4*1H/i;;;;;3*1+1D;1+1. The topological polar surface area (TPSA) is 217 Å². The summed E-state index contributed by atoms with van der Waals surface area (Å²) in [6.07, 6.45) is -0.447. The minimum Gasteiger partial charge on any atom is -0.481 e. The van der Waals surface area contributed by atoms with Crippen LogP contribution in [0, 0.1) is 22.5 Å². The molecule has 4 heterocycles. The fourth-order valence-electron chi connectivity index (χ4n) is 7.90. The van der Waals surface area contributed by atoms with Gasteiger partial charge in [0.2, 0.25) is 5.91 Å². The first-order valence-corrected chi connectivity index (χ1v) is 21.9. The average molecular weight is 972 g/mol. The molecule has 0 radical (unpaired) electrons. The Kier molecular flexibility index (Phi) is 16.1. The molecule has 69 heavy (non-hydrogen) atoms. The minimum absolute atomic E-state index is 0. The molecule has 8 rings (SSSR count). The molecule has 6 N–H and O–H groups in total. The van der Waals surface area contributed by atoms with Gasteiger partial charge in [0.05, 0.1) is 43.1 Å². The van der Waals surface area contributed by atoms with Gasteiger partial charge in [0.1, 0.15) is 28.3 Å². The molecule has 380 valence electrons. The van der Waals surface area contributed by atoms with E-state index < -0.39 is 46.8 Å². The van der Waals surface area contributed by atoms with Crippen molar-refractivity contribution in [2.75, 3.05) is 50.4 Å². The number of nitrogens with zero attached hydrogens (tertiary/aromatic N) is 4. The first-order chi connectivity index (χ1) is 34.5. The van der Waals surface area contributed by atoms with Crippen molar-refractivity contribution < 1.29 is 63.1 Å². The molecule has 2 saturated heterocycles. The number of nitrogens with one attached hydrogen (secondary N) is 1. The average Bonchev–Trinajstić information content (AvgIpc) is 4.19. The quantitative estimate of drug-likeness (QED) is 0.111. The molecule has 2 atom stereocenters. The lowest BCUT2D eigenvalue weighted by Crippen LogP contribution is -2.43. The smallest absolute Gasteiger partial charge is 0.410 e. The number of likely N-dealkylation sites (tertiary alicyclic amines) is 2. The lowest BCUT2D eigenvalue weighted by Gasteiger charge is -2.27. The molecule has 0 spiro atoms. The highest BCUT2D eigenvalue weighted by molar-refractivity contribution is 6.16. The highest BCUT2D eigenvalue weighted by atomic mass is 19.1. The van der Waals surface area contributed by atoms with E-state index in [4.69, 9.17) is 34.3 Å². The van der Waals surface area contributed by atoms with Crippen LogP contribution in [0.15, 0.2) is 94.9 Å². The number of aliphatic imine (C=N–C) groups is 2. The number of amides is 3. The second-order valence-electron chi connectivity index (χ2n) is 19.1. The number of ether oxygens (including phenoxy) is 2. The summed E-state index contributed by atoms with van der Waals surface area (Å²) < 4.78 is 66.7. The summed E-state index contributed by atoms with van der Waals surface area (Å²) in [5.41, 5.74) is 11.0. The second-order valence-corrected chi connectivity index (χ2v) is 19.1. The number of nitrogen functional groups attached to an aromatic ring is 1. The number of carboxylic acid groups (broad SMARTS) is 1. The molecule has 17 heteroatoms. The summed E-state index contributed by atoms with van der Waals surface area (Å²) >= 11 is 0. The van der Waals surface area contributed by atoms with Gasteiger partial charge in [0, 0.05) is 70.1 Å². The molecular weight excluding hydrogens is 891 g/mol. The summed E-state index contributed by atoms with van der Waals surface area (Å²) in [6.45, 7) is 11.6. The number of carboxylic acids is 1. The normalized spacial score (nSPS) is 19.2. The molecular formula is C52H74F2N6O9. The zero-order chi connectivity index (χ0) is 54.9. The Morgan fingerprint density at radius 2 is 1.12 bits per heavy atom. The molecule has 2 fully saturated rings. The summed E-state index contributed by atoms with van der Waals surface area (Å²) in [4.78, 5) is 60.2. The number of aliphatic hydroxyl groups excluding tert-OH is 2. The van der Waals surface area contributed by atoms with Gasteiger partial charge in [-0.1, -0.05) is 27.0 Å². The maximum atomic E-state index is 13.3. The first-order valence-electron chi connectivity index (χ1n) is 24.9.